The summed E-state index contributed by atoms with van der Waals surface area (Å²) >= 11 is 3.34. The van der Waals surface area contributed by atoms with E-state index in [2.05, 4.69) is 42.1 Å². The first-order chi connectivity index (χ1) is 12.1. The van der Waals surface area contributed by atoms with E-state index in [-0.39, 0.29) is 12.0 Å². The smallest absolute Gasteiger partial charge is 0.270 e. The minimum Gasteiger partial charge on any atom is -0.393 e. The quantitative estimate of drug-likeness (QED) is 0.543. The number of hydrazine groups is 1. The Morgan fingerprint density at radius 1 is 1.32 bits per heavy atom. The van der Waals surface area contributed by atoms with Crippen molar-refractivity contribution in [1.82, 2.24) is 15.4 Å². The molecule has 1 fully saturated rings. The largest absolute Gasteiger partial charge is 0.393 e. The van der Waals surface area contributed by atoms with Gasteiger partial charge in [-0.25, -0.2) is 9.97 Å². The van der Waals surface area contributed by atoms with E-state index in [1.54, 1.807) is 18.2 Å². The number of halogens is 1. The molecule has 1 aromatic heterocycles. The number of carbonyl (C=O) groups excluding carboxylic acids is 1. The Bertz CT molecular complexity index is 751. The van der Waals surface area contributed by atoms with Crippen LogP contribution in [0.1, 0.15) is 23.2 Å². The molecule has 132 valence electrons. The van der Waals surface area contributed by atoms with E-state index in [0.717, 1.165) is 19.4 Å². The van der Waals surface area contributed by atoms with Gasteiger partial charge in [-0.05, 0) is 40.9 Å². The van der Waals surface area contributed by atoms with Crippen LogP contribution < -0.4 is 21.9 Å². The number of carbonyl (C=O) groups is 1. The lowest BCUT2D eigenvalue weighted by molar-refractivity contribution is 0.0961. The molecule has 25 heavy (non-hydrogen) atoms. The second-order valence-corrected chi connectivity index (χ2v) is 6.41. The fourth-order valence-electron chi connectivity index (χ4n) is 2.48. The number of nitrogens with one attached hydrogen (secondary N) is 3. The number of nitrogen functional groups attached to an aromatic ring is 1. The molecule has 0 spiro atoms. The highest BCUT2D eigenvalue weighted by molar-refractivity contribution is 9.10. The normalized spacial score (nSPS) is 16.4. The summed E-state index contributed by atoms with van der Waals surface area (Å²) in [6.07, 6.45) is 3.63. The van der Waals surface area contributed by atoms with Crippen molar-refractivity contribution in [3.05, 3.63) is 40.6 Å². The lowest BCUT2D eigenvalue weighted by Crippen LogP contribution is -2.30. The van der Waals surface area contributed by atoms with Gasteiger partial charge in [0.1, 0.15) is 12.0 Å². The van der Waals surface area contributed by atoms with Crippen LogP contribution in [0.2, 0.25) is 0 Å². The van der Waals surface area contributed by atoms with Gasteiger partial charge in [-0.1, -0.05) is 12.1 Å². The van der Waals surface area contributed by atoms with Gasteiger partial charge in [0.15, 0.2) is 11.6 Å². The number of amides is 1. The van der Waals surface area contributed by atoms with Crippen LogP contribution in [0.4, 0.5) is 17.3 Å². The van der Waals surface area contributed by atoms with E-state index >= 15 is 0 Å². The first-order valence-corrected chi connectivity index (χ1v) is 8.71. The molecule has 1 aliphatic heterocycles. The van der Waals surface area contributed by atoms with Crippen LogP contribution in [0.15, 0.2) is 35.1 Å². The second-order valence-electron chi connectivity index (χ2n) is 5.56. The molecule has 1 unspecified atom stereocenters. The fourth-order valence-corrected chi connectivity index (χ4v) is 2.95. The molecule has 3 rings (SSSR count). The van der Waals surface area contributed by atoms with Crippen LogP contribution in [-0.4, -0.2) is 35.1 Å². The van der Waals surface area contributed by atoms with Crippen molar-refractivity contribution in [1.29, 1.82) is 0 Å². The number of anilines is 3. The number of rotatable bonds is 6. The van der Waals surface area contributed by atoms with E-state index in [4.69, 9.17) is 10.5 Å². The summed E-state index contributed by atoms with van der Waals surface area (Å²) in [5.74, 6) is 0.521. The minimum absolute atomic E-state index is 0.168. The van der Waals surface area contributed by atoms with Gasteiger partial charge in [0.25, 0.3) is 5.91 Å². The van der Waals surface area contributed by atoms with E-state index in [9.17, 15) is 4.79 Å². The zero-order valence-corrected chi connectivity index (χ0v) is 15.0. The molecule has 0 aliphatic carbocycles. The number of hydrogen-bond acceptors (Lipinski definition) is 7. The third kappa shape index (κ3) is 4.37. The Kier molecular flexibility index (Phi) is 5.67. The third-order valence-corrected chi connectivity index (χ3v) is 4.51. The molecule has 1 amide bonds. The molecule has 9 heteroatoms. The molecule has 0 radical (unpaired) electrons. The van der Waals surface area contributed by atoms with Crippen molar-refractivity contribution in [2.75, 3.05) is 29.6 Å². The molecular formula is C16H19BrN6O2. The monoisotopic (exact) mass is 406 g/mol. The third-order valence-electron chi connectivity index (χ3n) is 3.82. The number of benzene rings is 1. The molecule has 8 nitrogen and oxygen atoms in total. The maximum Gasteiger partial charge on any atom is 0.270 e. The Morgan fingerprint density at radius 3 is 2.88 bits per heavy atom. The van der Waals surface area contributed by atoms with Gasteiger partial charge < -0.3 is 15.8 Å². The highest BCUT2D eigenvalue weighted by Crippen LogP contribution is 2.23. The summed E-state index contributed by atoms with van der Waals surface area (Å²) in [6, 6.07) is 7.12. The van der Waals surface area contributed by atoms with Crippen molar-refractivity contribution < 1.29 is 9.53 Å². The maximum absolute atomic E-state index is 12.2. The van der Waals surface area contributed by atoms with Gasteiger partial charge in [0, 0.05) is 17.6 Å². The summed E-state index contributed by atoms with van der Waals surface area (Å²) in [7, 11) is 0. The Balaban J connectivity index is 1.61. The van der Waals surface area contributed by atoms with Gasteiger partial charge in [-0.15, -0.1) is 0 Å². The van der Waals surface area contributed by atoms with E-state index < -0.39 is 0 Å². The summed E-state index contributed by atoms with van der Waals surface area (Å²) < 4.78 is 6.26. The van der Waals surface area contributed by atoms with Gasteiger partial charge in [-0.3, -0.25) is 15.6 Å². The van der Waals surface area contributed by atoms with Crippen LogP contribution in [0.3, 0.4) is 0 Å². The molecule has 1 atom stereocenters. The SMILES string of the molecule is Nc1c(NCC2CCCO2)ncnc1NNC(=O)c1ccccc1Br. The molecule has 1 aromatic carbocycles. The van der Waals surface area contributed by atoms with E-state index in [1.807, 2.05) is 6.07 Å². The molecule has 0 bridgehead atoms. The average molecular weight is 407 g/mol. The summed E-state index contributed by atoms with van der Waals surface area (Å²) in [4.78, 5) is 20.4. The standard InChI is InChI=1S/C16H19BrN6O2/c17-12-6-2-1-5-11(12)16(24)23-22-15-13(18)14(20-9-21-15)19-8-10-4-3-7-25-10/h1-2,5-6,9-10H,3-4,7-8,18H2,(H,23,24)(H2,19,20,21,22). The molecule has 1 saturated heterocycles. The topological polar surface area (TPSA) is 114 Å². The van der Waals surface area contributed by atoms with Crippen LogP contribution in [0.25, 0.3) is 0 Å². The summed E-state index contributed by atoms with van der Waals surface area (Å²) in [6.45, 7) is 1.42. The zero-order valence-electron chi connectivity index (χ0n) is 13.5. The average Bonchev–Trinajstić information content (AvgIpc) is 3.13. The Morgan fingerprint density at radius 2 is 2.12 bits per heavy atom. The van der Waals surface area contributed by atoms with E-state index in [0.29, 0.717) is 33.9 Å². The van der Waals surface area contributed by atoms with Crippen molar-refractivity contribution >= 4 is 39.2 Å². The van der Waals surface area contributed by atoms with Crippen LogP contribution in [0.5, 0.6) is 0 Å². The highest BCUT2D eigenvalue weighted by Gasteiger charge is 2.17. The minimum atomic E-state index is -0.306. The lowest BCUT2D eigenvalue weighted by atomic mass is 10.2. The molecule has 2 heterocycles. The van der Waals surface area contributed by atoms with Crippen molar-refractivity contribution in [3.8, 4) is 0 Å². The highest BCUT2D eigenvalue weighted by atomic mass is 79.9. The number of aromatic nitrogens is 2. The number of nitrogens with two attached hydrogens (primary N) is 1. The molecule has 0 saturated carbocycles. The summed E-state index contributed by atoms with van der Waals surface area (Å²) in [5.41, 5.74) is 12.2. The number of ether oxygens (including phenoxy) is 1. The first kappa shape index (κ1) is 17.4. The molecule has 1 aliphatic rings. The molecule has 2 aromatic rings. The van der Waals surface area contributed by atoms with Crippen molar-refractivity contribution in [2.24, 2.45) is 0 Å². The fraction of sp³-hybridized carbons (Fsp3) is 0.312. The number of hydrogen-bond donors (Lipinski definition) is 4. The second kappa shape index (κ2) is 8.13. The first-order valence-electron chi connectivity index (χ1n) is 7.92. The predicted molar refractivity (Wildman–Crippen MR) is 99.1 cm³/mol. The van der Waals surface area contributed by atoms with Crippen LogP contribution in [-0.2, 0) is 4.74 Å². The van der Waals surface area contributed by atoms with Crippen molar-refractivity contribution in [2.45, 2.75) is 18.9 Å². The van der Waals surface area contributed by atoms with Crippen LogP contribution in [0, 0.1) is 0 Å². The predicted octanol–water partition coefficient (Wildman–Crippen LogP) is 2.17. The molecular weight excluding hydrogens is 388 g/mol. The molecule has 5 N–H and O–H groups in total. The lowest BCUT2D eigenvalue weighted by Gasteiger charge is -2.15. The maximum atomic E-state index is 12.2. The van der Waals surface area contributed by atoms with Crippen molar-refractivity contribution in [3.63, 3.8) is 0 Å². The van der Waals surface area contributed by atoms with Crippen LogP contribution >= 0.6 is 15.9 Å². The zero-order chi connectivity index (χ0) is 17.6. The van der Waals surface area contributed by atoms with Gasteiger partial charge in [0.2, 0.25) is 0 Å². The van der Waals surface area contributed by atoms with Gasteiger partial charge in [-0.2, -0.15) is 0 Å². The number of nitrogens with zero attached hydrogens (tertiary/aromatic N) is 2. The Hall–Kier alpha value is -2.39. The van der Waals surface area contributed by atoms with E-state index in [1.165, 1.54) is 6.33 Å². The summed E-state index contributed by atoms with van der Waals surface area (Å²) in [5, 5.41) is 3.16. The van der Waals surface area contributed by atoms with Gasteiger partial charge >= 0.3 is 0 Å². The van der Waals surface area contributed by atoms with Gasteiger partial charge in [0.05, 0.1) is 11.7 Å². The Labute approximate surface area is 153 Å².